The zero-order chi connectivity index (χ0) is 12.8. The molecular weight excluding hydrogens is 194 g/mol. The summed E-state index contributed by atoms with van der Waals surface area (Å²) < 4.78 is 0. The lowest BCUT2D eigenvalue weighted by molar-refractivity contribution is 0.235. The second-order valence-electron chi connectivity index (χ2n) is 5.53. The van der Waals surface area contributed by atoms with Gasteiger partial charge >= 0.3 is 0 Å². The molecule has 0 aliphatic rings. The van der Waals surface area contributed by atoms with E-state index >= 15 is 0 Å². The van der Waals surface area contributed by atoms with Crippen LogP contribution < -0.4 is 5.73 Å². The highest BCUT2D eigenvalue weighted by atomic mass is 14.6. The molecule has 0 saturated carbocycles. The molecule has 2 N–H and O–H groups in total. The molecule has 1 nitrogen and oxygen atoms in total. The van der Waals surface area contributed by atoms with Crippen LogP contribution in [0.1, 0.15) is 67.2 Å². The average Bonchev–Trinajstić information content (AvgIpc) is 2.28. The quantitative estimate of drug-likeness (QED) is 0.633. The van der Waals surface area contributed by atoms with Crippen LogP contribution in [0.4, 0.5) is 0 Å². The molecule has 0 aliphatic heterocycles. The van der Waals surface area contributed by atoms with Crippen LogP contribution in [-0.4, -0.2) is 6.54 Å². The van der Waals surface area contributed by atoms with Gasteiger partial charge in [-0.1, -0.05) is 51.7 Å². The van der Waals surface area contributed by atoms with Gasteiger partial charge in [0.15, 0.2) is 0 Å². The maximum Gasteiger partial charge on any atom is -0.00112 e. The fraction of sp³-hybridized carbons (Fsp3) is 0.867. The lowest BCUT2D eigenvalue weighted by Gasteiger charge is -2.32. The summed E-state index contributed by atoms with van der Waals surface area (Å²) in [6, 6.07) is 0. The molecule has 0 rings (SSSR count). The van der Waals surface area contributed by atoms with E-state index in [1.165, 1.54) is 24.8 Å². The van der Waals surface area contributed by atoms with Gasteiger partial charge in [0.05, 0.1) is 0 Å². The van der Waals surface area contributed by atoms with Gasteiger partial charge in [-0.05, 0) is 44.6 Å². The lowest BCUT2D eigenvalue weighted by atomic mass is 9.74. The molecule has 0 aromatic rings. The van der Waals surface area contributed by atoms with Gasteiger partial charge in [-0.25, -0.2) is 0 Å². The zero-order valence-electron chi connectivity index (χ0n) is 12.2. The first-order valence-corrected chi connectivity index (χ1v) is 6.80. The Balaban J connectivity index is 4.82. The summed E-state index contributed by atoms with van der Waals surface area (Å²) in [5.41, 5.74) is 9.47. The molecule has 1 unspecified atom stereocenters. The molecule has 0 aromatic carbocycles. The Hall–Kier alpha value is -0.300. The third kappa shape index (κ3) is 4.29. The van der Waals surface area contributed by atoms with Gasteiger partial charge < -0.3 is 5.73 Å². The average molecular weight is 225 g/mol. The maximum atomic E-state index is 5.97. The van der Waals surface area contributed by atoms with E-state index in [1.54, 1.807) is 5.57 Å². The minimum absolute atomic E-state index is 0.458. The highest BCUT2D eigenvalue weighted by Crippen LogP contribution is 2.36. The molecule has 0 spiro atoms. The van der Waals surface area contributed by atoms with Crippen LogP contribution in [0, 0.1) is 11.3 Å². The van der Waals surface area contributed by atoms with E-state index in [1.807, 2.05) is 0 Å². The van der Waals surface area contributed by atoms with Crippen molar-refractivity contribution in [3.05, 3.63) is 11.1 Å². The normalized spacial score (nSPS) is 13.7. The van der Waals surface area contributed by atoms with E-state index in [9.17, 15) is 0 Å². The Kier molecular flexibility index (Phi) is 6.98. The fourth-order valence-electron chi connectivity index (χ4n) is 2.53. The standard InChI is InChI=1S/C15H31N/c1-7-14(12(4)5)13(11-16)10-15(6,8-2)9-3/h13H,7-11,16H2,1-6H3. The predicted molar refractivity (Wildman–Crippen MR) is 74.5 cm³/mol. The van der Waals surface area contributed by atoms with E-state index in [4.69, 9.17) is 5.73 Å². The molecule has 0 amide bonds. The molecule has 1 heteroatoms. The third-order valence-electron chi connectivity index (χ3n) is 4.25. The number of hydrogen-bond donors (Lipinski definition) is 1. The second kappa shape index (κ2) is 7.11. The van der Waals surface area contributed by atoms with Crippen molar-refractivity contribution in [2.75, 3.05) is 6.54 Å². The predicted octanol–water partition coefficient (Wildman–Crippen LogP) is 4.52. The molecule has 0 bridgehead atoms. The summed E-state index contributed by atoms with van der Waals surface area (Å²) in [6.45, 7) is 14.5. The van der Waals surface area contributed by atoms with Gasteiger partial charge in [0.2, 0.25) is 0 Å². The van der Waals surface area contributed by atoms with Crippen LogP contribution in [0.5, 0.6) is 0 Å². The van der Waals surface area contributed by atoms with Gasteiger partial charge in [0.1, 0.15) is 0 Å². The number of allylic oxidation sites excluding steroid dienone is 1. The Morgan fingerprint density at radius 1 is 1.12 bits per heavy atom. The Morgan fingerprint density at radius 2 is 1.62 bits per heavy atom. The van der Waals surface area contributed by atoms with Crippen LogP contribution in [0.25, 0.3) is 0 Å². The molecule has 0 heterocycles. The van der Waals surface area contributed by atoms with Crippen LogP contribution in [0.3, 0.4) is 0 Å². The molecule has 0 saturated heterocycles. The van der Waals surface area contributed by atoms with Crippen molar-refractivity contribution in [3.8, 4) is 0 Å². The monoisotopic (exact) mass is 225 g/mol. The second-order valence-corrected chi connectivity index (χ2v) is 5.53. The number of rotatable bonds is 7. The number of hydrogen-bond acceptors (Lipinski definition) is 1. The molecule has 0 fully saturated rings. The summed E-state index contributed by atoms with van der Waals surface area (Å²) in [7, 11) is 0. The zero-order valence-corrected chi connectivity index (χ0v) is 12.2. The summed E-state index contributed by atoms with van der Waals surface area (Å²) in [5, 5.41) is 0. The highest BCUT2D eigenvalue weighted by Gasteiger charge is 2.25. The van der Waals surface area contributed by atoms with Gasteiger partial charge in [0, 0.05) is 0 Å². The van der Waals surface area contributed by atoms with E-state index in [-0.39, 0.29) is 0 Å². The van der Waals surface area contributed by atoms with Crippen LogP contribution in [0.15, 0.2) is 11.1 Å². The van der Waals surface area contributed by atoms with Crippen molar-refractivity contribution in [2.45, 2.75) is 67.2 Å². The first-order chi connectivity index (χ1) is 7.44. The smallest absolute Gasteiger partial charge is 0.00112 e. The Labute approximate surface area is 102 Å². The van der Waals surface area contributed by atoms with Crippen LogP contribution in [0.2, 0.25) is 0 Å². The van der Waals surface area contributed by atoms with Gasteiger partial charge in [-0.3, -0.25) is 0 Å². The van der Waals surface area contributed by atoms with Gasteiger partial charge in [-0.2, -0.15) is 0 Å². The third-order valence-corrected chi connectivity index (χ3v) is 4.25. The minimum Gasteiger partial charge on any atom is -0.330 e. The summed E-state index contributed by atoms with van der Waals surface area (Å²) in [5.74, 6) is 0.583. The topological polar surface area (TPSA) is 26.0 Å². The summed E-state index contributed by atoms with van der Waals surface area (Å²) in [6.07, 6.45) is 4.89. The molecule has 0 aliphatic carbocycles. The van der Waals surface area contributed by atoms with E-state index < -0.39 is 0 Å². The van der Waals surface area contributed by atoms with Crippen molar-refractivity contribution in [3.63, 3.8) is 0 Å². The van der Waals surface area contributed by atoms with E-state index in [0.717, 1.165) is 13.0 Å². The van der Waals surface area contributed by atoms with Crippen molar-refractivity contribution in [1.82, 2.24) is 0 Å². The van der Waals surface area contributed by atoms with Crippen molar-refractivity contribution >= 4 is 0 Å². The molecule has 1 atom stereocenters. The van der Waals surface area contributed by atoms with Crippen molar-refractivity contribution < 1.29 is 0 Å². The summed E-state index contributed by atoms with van der Waals surface area (Å²) >= 11 is 0. The van der Waals surface area contributed by atoms with E-state index in [2.05, 4.69) is 41.5 Å². The molecule has 0 radical (unpaired) electrons. The first kappa shape index (κ1) is 15.7. The van der Waals surface area contributed by atoms with Crippen molar-refractivity contribution in [1.29, 1.82) is 0 Å². The van der Waals surface area contributed by atoms with Gasteiger partial charge in [0.25, 0.3) is 0 Å². The van der Waals surface area contributed by atoms with Crippen LogP contribution >= 0.6 is 0 Å². The minimum atomic E-state index is 0.458. The number of nitrogens with two attached hydrogens (primary N) is 1. The Bertz CT molecular complexity index is 220. The molecular formula is C15H31N. The first-order valence-electron chi connectivity index (χ1n) is 6.80. The maximum absolute atomic E-state index is 5.97. The lowest BCUT2D eigenvalue weighted by Crippen LogP contribution is -2.26. The van der Waals surface area contributed by atoms with Crippen LogP contribution in [-0.2, 0) is 0 Å². The summed E-state index contributed by atoms with van der Waals surface area (Å²) in [4.78, 5) is 0. The molecule has 0 aromatic heterocycles. The SMILES string of the molecule is CCC(=C(C)C)C(CN)CC(C)(CC)CC. The fourth-order valence-corrected chi connectivity index (χ4v) is 2.53. The van der Waals surface area contributed by atoms with Crippen molar-refractivity contribution in [2.24, 2.45) is 17.1 Å². The van der Waals surface area contributed by atoms with E-state index in [0.29, 0.717) is 11.3 Å². The largest absolute Gasteiger partial charge is 0.330 e. The Morgan fingerprint density at radius 3 is 1.88 bits per heavy atom. The van der Waals surface area contributed by atoms with Gasteiger partial charge in [-0.15, -0.1) is 0 Å². The molecule has 16 heavy (non-hydrogen) atoms. The molecule has 96 valence electrons. The highest BCUT2D eigenvalue weighted by molar-refractivity contribution is 5.14.